The van der Waals surface area contributed by atoms with Crippen LogP contribution in [0.4, 0.5) is 0 Å². The molecule has 1 unspecified atom stereocenters. The molecule has 0 fully saturated rings. The maximum absolute atomic E-state index is 12.4. The molecule has 5 heteroatoms. The van der Waals surface area contributed by atoms with Gasteiger partial charge in [-0.1, -0.05) is 212 Å². The second-order valence-electron chi connectivity index (χ2n) is 14.2. The van der Waals surface area contributed by atoms with E-state index in [1.165, 1.54) is 167 Å². The molecule has 46 heavy (non-hydrogen) atoms. The quantitative estimate of drug-likeness (QED) is 0.0397. The molecule has 1 amide bonds. The summed E-state index contributed by atoms with van der Waals surface area (Å²) < 4.78 is 0. The lowest BCUT2D eigenvalue weighted by Crippen LogP contribution is -2.48. The van der Waals surface area contributed by atoms with Crippen LogP contribution in [0.15, 0.2) is 12.2 Å². The number of aliphatic hydroxyl groups is 3. The maximum atomic E-state index is 12.4. The van der Waals surface area contributed by atoms with Gasteiger partial charge in [-0.25, -0.2) is 0 Å². The predicted octanol–water partition coefficient (Wildman–Crippen LogP) is 11.3. The first kappa shape index (κ1) is 45.1. The van der Waals surface area contributed by atoms with Crippen molar-refractivity contribution < 1.29 is 20.1 Å². The van der Waals surface area contributed by atoms with Gasteiger partial charge in [0.1, 0.15) is 6.10 Å². The third kappa shape index (κ3) is 31.7. The van der Waals surface area contributed by atoms with Gasteiger partial charge in [0.15, 0.2) is 0 Å². The van der Waals surface area contributed by atoms with Crippen LogP contribution < -0.4 is 5.32 Å². The minimum Gasteiger partial charge on any atom is -0.394 e. The number of hydrogen-bond donors (Lipinski definition) is 4. The van der Waals surface area contributed by atoms with Crippen LogP contribution >= 0.6 is 0 Å². The van der Waals surface area contributed by atoms with Gasteiger partial charge >= 0.3 is 0 Å². The SMILES string of the molecule is CCCCCCCCCCCCC/C=C/[C@@H](O)[C@H](CO)NC(=O)C(O)CCCCCCCCCCCCCCCCCCCCC. The Bertz CT molecular complexity index is 640. The summed E-state index contributed by atoms with van der Waals surface area (Å²) in [6.07, 6.45) is 42.3. The van der Waals surface area contributed by atoms with Crippen molar-refractivity contribution in [2.45, 2.75) is 238 Å². The first-order valence-corrected chi connectivity index (χ1v) is 20.5. The van der Waals surface area contributed by atoms with Crippen molar-refractivity contribution in [3.63, 3.8) is 0 Å². The zero-order valence-electron chi connectivity index (χ0n) is 31.0. The molecule has 0 aromatic heterocycles. The van der Waals surface area contributed by atoms with Crippen LogP contribution in [0.1, 0.15) is 219 Å². The molecular weight excluding hydrogens is 570 g/mol. The average molecular weight is 652 g/mol. The standard InChI is InChI=1S/C41H81NO4/c1-3-5-7-9-11-13-15-17-18-19-20-21-22-24-26-28-30-32-34-36-40(45)41(46)42-38(37-43)39(44)35-33-31-29-27-25-23-16-14-12-10-8-6-4-2/h33,35,38-40,43-45H,3-32,34,36-37H2,1-2H3,(H,42,46)/b35-33+/t38-,39+,40?/m0/s1. The molecule has 0 saturated carbocycles. The molecule has 4 N–H and O–H groups in total. The Labute approximate surface area is 287 Å². The van der Waals surface area contributed by atoms with Crippen molar-refractivity contribution in [3.05, 3.63) is 12.2 Å². The van der Waals surface area contributed by atoms with E-state index in [2.05, 4.69) is 19.2 Å². The Morgan fingerprint density at radius 3 is 1.20 bits per heavy atom. The van der Waals surface area contributed by atoms with Crippen molar-refractivity contribution in [1.82, 2.24) is 5.32 Å². The van der Waals surface area contributed by atoms with E-state index >= 15 is 0 Å². The fraction of sp³-hybridized carbons (Fsp3) is 0.927. The molecule has 0 rings (SSSR count). The van der Waals surface area contributed by atoms with Crippen LogP contribution in [0.25, 0.3) is 0 Å². The smallest absolute Gasteiger partial charge is 0.249 e. The van der Waals surface area contributed by atoms with E-state index < -0.39 is 24.2 Å². The molecule has 3 atom stereocenters. The van der Waals surface area contributed by atoms with Gasteiger partial charge in [0.05, 0.1) is 18.8 Å². The molecule has 274 valence electrons. The minimum atomic E-state index is -1.09. The van der Waals surface area contributed by atoms with Crippen LogP contribution in [-0.4, -0.2) is 46.1 Å². The van der Waals surface area contributed by atoms with Gasteiger partial charge in [0.25, 0.3) is 0 Å². The van der Waals surface area contributed by atoms with E-state index in [1.807, 2.05) is 6.08 Å². The first-order chi connectivity index (χ1) is 22.6. The highest BCUT2D eigenvalue weighted by molar-refractivity contribution is 5.80. The highest BCUT2D eigenvalue weighted by Gasteiger charge is 2.22. The molecule has 0 bridgehead atoms. The molecule has 0 aromatic rings. The Balaban J connectivity index is 3.65. The summed E-state index contributed by atoms with van der Waals surface area (Å²) in [5.41, 5.74) is 0. The number of carbonyl (C=O) groups excluding carboxylic acids is 1. The van der Waals surface area contributed by atoms with Crippen LogP contribution in [0.5, 0.6) is 0 Å². The van der Waals surface area contributed by atoms with Crippen molar-refractivity contribution in [2.24, 2.45) is 0 Å². The Morgan fingerprint density at radius 2 is 0.848 bits per heavy atom. The number of amides is 1. The summed E-state index contributed by atoms with van der Waals surface area (Å²) >= 11 is 0. The summed E-state index contributed by atoms with van der Waals surface area (Å²) in [6.45, 7) is 4.18. The summed E-state index contributed by atoms with van der Waals surface area (Å²) in [5, 5.41) is 33.0. The number of hydrogen-bond acceptors (Lipinski definition) is 4. The van der Waals surface area contributed by atoms with Gasteiger partial charge in [0.2, 0.25) is 5.91 Å². The van der Waals surface area contributed by atoms with Crippen molar-refractivity contribution in [2.75, 3.05) is 6.61 Å². The van der Waals surface area contributed by atoms with E-state index in [0.29, 0.717) is 6.42 Å². The normalized spacial score (nSPS) is 13.8. The van der Waals surface area contributed by atoms with Crippen LogP contribution in [0.2, 0.25) is 0 Å². The molecule has 0 saturated heterocycles. The summed E-state index contributed by atoms with van der Waals surface area (Å²) in [5.74, 6) is -0.501. The number of carbonyl (C=O) groups is 1. The van der Waals surface area contributed by atoms with Gasteiger partial charge < -0.3 is 20.6 Å². The maximum Gasteiger partial charge on any atom is 0.249 e. The summed E-state index contributed by atoms with van der Waals surface area (Å²) in [6, 6.07) is -0.791. The topological polar surface area (TPSA) is 89.8 Å². The third-order valence-corrected chi connectivity index (χ3v) is 9.63. The third-order valence-electron chi connectivity index (χ3n) is 9.63. The Morgan fingerprint density at radius 1 is 0.522 bits per heavy atom. The molecular formula is C41H81NO4. The van der Waals surface area contributed by atoms with E-state index in [0.717, 1.165) is 32.1 Å². The molecule has 0 aromatic carbocycles. The zero-order chi connectivity index (χ0) is 33.8. The largest absolute Gasteiger partial charge is 0.394 e. The number of allylic oxidation sites excluding steroid dienone is 1. The lowest BCUT2D eigenvalue weighted by molar-refractivity contribution is -0.131. The monoisotopic (exact) mass is 652 g/mol. The summed E-state index contributed by atoms with van der Waals surface area (Å²) in [7, 11) is 0. The lowest BCUT2D eigenvalue weighted by Gasteiger charge is -2.21. The molecule has 0 aliphatic rings. The van der Waals surface area contributed by atoms with E-state index in [-0.39, 0.29) is 6.61 Å². The van der Waals surface area contributed by atoms with Crippen LogP contribution in [0, 0.1) is 0 Å². The minimum absolute atomic E-state index is 0.359. The van der Waals surface area contributed by atoms with Crippen molar-refractivity contribution in [1.29, 1.82) is 0 Å². The van der Waals surface area contributed by atoms with E-state index in [9.17, 15) is 20.1 Å². The predicted molar refractivity (Wildman–Crippen MR) is 199 cm³/mol. The average Bonchev–Trinajstić information content (AvgIpc) is 3.06. The van der Waals surface area contributed by atoms with Crippen LogP contribution in [0.3, 0.4) is 0 Å². The number of aliphatic hydroxyl groups excluding tert-OH is 3. The second-order valence-corrected chi connectivity index (χ2v) is 14.2. The van der Waals surface area contributed by atoms with Gasteiger partial charge in [-0.15, -0.1) is 0 Å². The van der Waals surface area contributed by atoms with Gasteiger partial charge in [0, 0.05) is 0 Å². The van der Waals surface area contributed by atoms with E-state index in [4.69, 9.17) is 0 Å². The number of unbranched alkanes of at least 4 members (excludes halogenated alkanes) is 29. The Hall–Kier alpha value is -0.910. The number of nitrogens with one attached hydrogen (secondary N) is 1. The molecule has 0 aliphatic heterocycles. The van der Waals surface area contributed by atoms with Crippen molar-refractivity contribution >= 4 is 5.91 Å². The van der Waals surface area contributed by atoms with E-state index in [1.54, 1.807) is 6.08 Å². The molecule has 0 spiro atoms. The molecule has 0 aliphatic carbocycles. The Kier molecular flexibility index (Phi) is 36.2. The summed E-state index contributed by atoms with van der Waals surface area (Å²) in [4.78, 5) is 12.4. The van der Waals surface area contributed by atoms with Crippen LogP contribution in [-0.2, 0) is 4.79 Å². The van der Waals surface area contributed by atoms with Gasteiger partial charge in [-0.2, -0.15) is 0 Å². The fourth-order valence-corrected chi connectivity index (χ4v) is 6.36. The molecule has 0 radical (unpaired) electrons. The van der Waals surface area contributed by atoms with Crippen molar-refractivity contribution in [3.8, 4) is 0 Å². The fourth-order valence-electron chi connectivity index (χ4n) is 6.36. The highest BCUT2D eigenvalue weighted by Crippen LogP contribution is 2.16. The van der Waals surface area contributed by atoms with Gasteiger partial charge in [-0.05, 0) is 19.3 Å². The second kappa shape index (κ2) is 36.9. The lowest BCUT2D eigenvalue weighted by atomic mass is 10.0. The molecule has 0 heterocycles. The zero-order valence-corrected chi connectivity index (χ0v) is 31.0. The highest BCUT2D eigenvalue weighted by atomic mass is 16.3. The molecule has 5 nitrogen and oxygen atoms in total. The van der Waals surface area contributed by atoms with Gasteiger partial charge in [-0.3, -0.25) is 4.79 Å². The first-order valence-electron chi connectivity index (χ1n) is 20.5. The number of rotatable bonds is 37.